The Kier molecular flexibility index (Phi) is 57.2. The second kappa shape index (κ2) is 61.7. The molecule has 0 bridgehead atoms. The van der Waals surface area contributed by atoms with Gasteiger partial charge in [-0.15, -0.1) is 0 Å². The molecule has 2 aliphatic heterocycles. The van der Waals surface area contributed by atoms with Gasteiger partial charge in [-0.3, -0.25) is 4.79 Å². The minimum absolute atomic E-state index is 0.236. The number of carbonyl (C=O) groups is 1. The number of allylic oxidation sites excluding steroid dienone is 13. The van der Waals surface area contributed by atoms with Crippen molar-refractivity contribution in [3.8, 4) is 0 Å². The maximum atomic E-state index is 13.3. The van der Waals surface area contributed by atoms with Crippen LogP contribution < -0.4 is 5.32 Å². The van der Waals surface area contributed by atoms with E-state index in [0.717, 1.165) is 77.0 Å². The highest BCUT2D eigenvalue weighted by Crippen LogP contribution is 2.30. The summed E-state index contributed by atoms with van der Waals surface area (Å²) in [6.45, 7) is 2.71. The van der Waals surface area contributed by atoms with Crippen molar-refractivity contribution in [1.82, 2.24) is 5.32 Å². The molecule has 12 unspecified atom stereocenters. The largest absolute Gasteiger partial charge is 0.394 e. The molecule has 92 heavy (non-hydrogen) atoms. The zero-order valence-electron chi connectivity index (χ0n) is 58.3. The Balaban J connectivity index is 1.56. The molecule has 14 nitrogen and oxygen atoms in total. The second-order valence-electron chi connectivity index (χ2n) is 26.4. The first kappa shape index (κ1) is 85.3. The van der Waals surface area contributed by atoms with Gasteiger partial charge in [0.25, 0.3) is 0 Å². The summed E-state index contributed by atoms with van der Waals surface area (Å²) in [5.41, 5.74) is 0. The Morgan fingerprint density at radius 2 is 0.750 bits per heavy atom. The Hall–Kier alpha value is -2.83. The quantitative estimate of drug-likeness (QED) is 0.0204. The van der Waals surface area contributed by atoms with Crippen molar-refractivity contribution in [2.45, 2.75) is 383 Å². The van der Waals surface area contributed by atoms with Crippen LogP contribution in [0.1, 0.15) is 309 Å². The van der Waals surface area contributed by atoms with Crippen LogP contribution in [0.2, 0.25) is 0 Å². The summed E-state index contributed by atoms with van der Waals surface area (Å²) in [5, 5.41) is 87.4. The lowest BCUT2D eigenvalue weighted by atomic mass is 9.97. The molecule has 0 aromatic heterocycles. The van der Waals surface area contributed by atoms with Gasteiger partial charge >= 0.3 is 0 Å². The van der Waals surface area contributed by atoms with Gasteiger partial charge in [0.15, 0.2) is 12.6 Å². The van der Waals surface area contributed by atoms with Gasteiger partial charge in [0.1, 0.15) is 48.8 Å². The molecule has 2 fully saturated rings. The van der Waals surface area contributed by atoms with E-state index in [1.807, 2.05) is 6.08 Å². The average molecular weight is 1300 g/mol. The first-order chi connectivity index (χ1) is 45.1. The monoisotopic (exact) mass is 1300 g/mol. The Bertz CT molecular complexity index is 1870. The first-order valence-corrected chi connectivity index (χ1v) is 37.8. The molecular formula is C78H139NO13. The van der Waals surface area contributed by atoms with Crippen LogP contribution in [0, 0.1) is 0 Å². The molecule has 14 heteroatoms. The molecule has 0 aromatic carbocycles. The minimum Gasteiger partial charge on any atom is -0.394 e. The smallest absolute Gasteiger partial charge is 0.220 e. The van der Waals surface area contributed by atoms with Crippen molar-refractivity contribution in [3.05, 3.63) is 85.1 Å². The van der Waals surface area contributed by atoms with Crippen molar-refractivity contribution in [1.29, 1.82) is 0 Å². The van der Waals surface area contributed by atoms with Gasteiger partial charge in [-0.05, 0) is 70.6 Å². The molecule has 2 heterocycles. The second-order valence-corrected chi connectivity index (χ2v) is 26.4. The Morgan fingerprint density at radius 3 is 1.15 bits per heavy atom. The first-order valence-electron chi connectivity index (χ1n) is 37.8. The lowest BCUT2D eigenvalue weighted by Crippen LogP contribution is -2.65. The molecule has 0 radical (unpaired) electrons. The zero-order chi connectivity index (χ0) is 66.6. The molecule has 2 rings (SSSR count). The lowest BCUT2D eigenvalue weighted by Gasteiger charge is -2.46. The minimum atomic E-state index is -1.79. The molecule has 12 atom stereocenters. The molecule has 2 aliphatic rings. The fourth-order valence-corrected chi connectivity index (χ4v) is 12.1. The molecule has 9 N–H and O–H groups in total. The van der Waals surface area contributed by atoms with Crippen LogP contribution in [0.15, 0.2) is 85.1 Å². The van der Waals surface area contributed by atoms with E-state index >= 15 is 0 Å². The molecule has 0 aliphatic carbocycles. The summed E-state index contributed by atoms with van der Waals surface area (Å²) in [4.78, 5) is 13.3. The standard InChI is InChI=1S/C78H139NO13/c1-3-5-7-9-11-13-15-17-19-21-22-23-24-25-26-27-28-29-30-31-32-33-34-35-36-37-38-39-40-41-42-43-44-46-48-50-52-54-56-58-60-62-70(83)79-66(67(82)61-59-57-55-53-51-49-47-45-20-18-16-14-12-10-8-6-4-2)65-89-77-75(88)73(86)76(69(64-81)91-77)92-78-74(87)72(85)71(84)68(63-80)90-78/h5,7,11,13,17,19,22-23,25-26,28-29,59,61,66-69,71-78,80-82,84-88H,3-4,6,8-10,12,14-16,18,20-21,24,27,30-58,60,62-65H2,1-2H3,(H,79,83)/b7-5-,13-11-,19-17-,23-22-,26-25-,29-28-,61-59+. The number of unbranched alkanes of at least 4 members (excludes halogenated alkanes) is 37. The van der Waals surface area contributed by atoms with E-state index in [0.29, 0.717) is 6.42 Å². The highest BCUT2D eigenvalue weighted by atomic mass is 16.7. The number of hydrogen-bond donors (Lipinski definition) is 9. The number of rotatable bonds is 62. The summed E-state index contributed by atoms with van der Waals surface area (Å²) in [6, 6.07) is -0.916. The fraction of sp³-hybridized carbons (Fsp3) is 0.808. The van der Waals surface area contributed by atoms with Gasteiger partial charge in [-0.25, -0.2) is 0 Å². The summed E-state index contributed by atoms with van der Waals surface area (Å²) in [5.74, 6) is -0.236. The topological polar surface area (TPSA) is 228 Å². The lowest BCUT2D eigenvalue weighted by molar-refractivity contribution is -0.359. The number of hydrogen-bond acceptors (Lipinski definition) is 13. The molecule has 0 aromatic rings. The normalized spacial score (nSPS) is 23.2. The maximum Gasteiger partial charge on any atom is 0.220 e. The van der Waals surface area contributed by atoms with E-state index < -0.39 is 86.8 Å². The van der Waals surface area contributed by atoms with E-state index in [-0.39, 0.29) is 18.9 Å². The van der Waals surface area contributed by atoms with Crippen LogP contribution >= 0.6 is 0 Å². The van der Waals surface area contributed by atoms with Crippen LogP contribution in [0.25, 0.3) is 0 Å². The van der Waals surface area contributed by atoms with E-state index in [9.17, 15) is 45.6 Å². The SMILES string of the molecule is CC/C=C\C/C=C\C/C=C\C/C=C\C/C=C\C/C=C\CCCCCCCCCCCCCCCCCCCCCCCCC(=O)NC(COC1OC(CO)C(OC2OC(CO)C(O)C(O)C2O)C(O)C1O)C(O)/C=C/CCCCCCCCCCCCCCCCC. The van der Waals surface area contributed by atoms with Crippen LogP contribution in [0.4, 0.5) is 0 Å². The summed E-state index contributed by atoms with van der Waals surface area (Å²) >= 11 is 0. The summed E-state index contributed by atoms with van der Waals surface area (Å²) in [6.07, 6.45) is 69.5. The predicted molar refractivity (Wildman–Crippen MR) is 378 cm³/mol. The number of aliphatic hydroxyl groups is 8. The number of carbonyl (C=O) groups excluding carboxylic acids is 1. The molecule has 0 saturated carbocycles. The summed E-state index contributed by atoms with van der Waals surface area (Å²) < 4.78 is 22.9. The molecule has 2 saturated heterocycles. The maximum absolute atomic E-state index is 13.3. The van der Waals surface area contributed by atoms with Crippen LogP contribution in [0.3, 0.4) is 0 Å². The number of aliphatic hydroxyl groups excluding tert-OH is 8. The van der Waals surface area contributed by atoms with Gasteiger partial charge in [0.2, 0.25) is 5.91 Å². The van der Waals surface area contributed by atoms with Crippen molar-refractivity contribution < 1.29 is 64.6 Å². The molecular weight excluding hydrogens is 1160 g/mol. The van der Waals surface area contributed by atoms with E-state index in [4.69, 9.17) is 18.9 Å². The zero-order valence-corrected chi connectivity index (χ0v) is 58.3. The Labute approximate surface area is 561 Å². The predicted octanol–water partition coefficient (Wildman–Crippen LogP) is 16.4. The summed E-state index contributed by atoms with van der Waals surface area (Å²) in [7, 11) is 0. The molecule has 534 valence electrons. The third kappa shape index (κ3) is 44.8. The molecule has 1 amide bonds. The van der Waals surface area contributed by atoms with Crippen LogP contribution in [0.5, 0.6) is 0 Å². The molecule has 0 spiro atoms. The van der Waals surface area contributed by atoms with Crippen molar-refractivity contribution in [3.63, 3.8) is 0 Å². The highest BCUT2D eigenvalue weighted by Gasteiger charge is 2.51. The van der Waals surface area contributed by atoms with Gasteiger partial charge in [-0.2, -0.15) is 0 Å². The van der Waals surface area contributed by atoms with Gasteiger partial charge in [0, 0.05) is 6.42 Å². The van der Waals surface area contributed by atoms with Crippen molar-refractivity contribution >= 4 is 5.91 Å². The number of nitrogens with one attached hydrogen (secondary N) is 1. The van der Waals surface area contributed by atoms with Gasteiger partial charge in [-0.1, -0.05) is 317 Å². The van der Waals surface area contributed by atoms with Crippen molar-refractivity contribution in [2.24, 2.45) is 0 Å². The third-order valence-electron chi connectivity index (χ3n) is 18.1. The highest BCUT2D eigenvalue weighted by molar-refractivity contribution is 5.76. The number of amides is 1. The van der Waals surface area contributed by atoms with Gasteiger partial charge < -0.3 is 65.1 Å². The van der Waals surface area contributed by atoms with E-state index in [2.05, 4.69) is 92.1 Å². The number of ether oxygens (including phenoxy) is 4. The third-order valence-corrected chi connectivity index (χ3v) is 18.1. The Morgan fingerprint density at radius 1 is 0.402 bits per heavy atom. The van der Waals surface area contributed by atoms with Gasteiger partial charge in [0.05, 0.1) is 32.0 Å². The van der Waals surface area contributed by atoms with E-state index in [1.165, 1.54) is 205 Å². The van der Waals surface area contributed by atoms with E-state index in [1.54, 1.807) is 6.08 Å². The van der Waals surface area contributed by atoms with Crippen LogP contribution in [-0.4, -0.2) is 140 Å². The fourth-order valence-electron chi connectivity index (χ4n) is 12.1. The average Bonchev–Trinajstić information content (AvgIpc) is 0.856. The van der Waals surface area contributed by atoms with Crippen molar-refractivity contribution in [2.75, 3.05) is 19.8 Å². The van der Waals surface area contributed by atoms with Crippen LogP contribution in [-0.2, 0) is 23.7 Å².